The van der Waals surface area contributed by atoms with Gasteiger partial charge in [-0.2, -0.15) is 5.10 Å². The molecule has 1 aromatic rings. The maximum atomic E-state index is 4.26. The van der Waals surface area contributed by atoms with E-state index in [4.69, 9.17) is 0 Å². The molecule has 0 bridgehead atoms. The standard InChI is InChI=1S/C13H22N4/c1-13(2)12-7-14-6-10(12)8-17(13)9-11-4-5-15-16(11)3/h4-5,10,12,14H,6-9H2,1-3H3. The molecule has 94 valence electrons. The van der Waals surface area contributed by atoms with E-state index in [2.05, 4.69) is 35.2 Å². The van der Waals surface area contributed by atoms with Crippen LogP contribution in [0.4, 0.5) is 0 Å². The lowest BCUT2D eigenvalue weighted by Gasteiger charge is -2.35. The second kappa shape index (κ2) is 3.82. The van der Waals surface area contributed by atoms with Crippen molar-refractivity contribution in [3.05, 3.63) is 18.0 Å². The van der Waals surface area contributed by atoms with Gasteiger partial charge in [0.2, 0.25) is 0 Å². The molecule has 17 heavy (non-hydrogen) atoms. The second-order valence-electron chi connectivity index (χ2n) is 6.01. The predicted molar refractivity (Wildman–Crippen MR) is 67.5 cm³/mol. The molecule has 2 aliphatic rings. The average Bonchev–Trinajstić information content (AvgIpc) is 2.91. The lowest BCUT2D eigenvalue weighted by atomic mass is 9.85. The van der Waals surface area contributed by atoms with E-state index >= 15 is 0 Å². The SMILES string of the molecule is Cn1nccc1CN1CC2CNCC2C1(C)C. The van der Waals surface area contributed by atoms with Gasteiger partial charge in [0.15, 0.2) is 0 Å². The predicted octanol–water partition coefficient (Wildman–Crippen LogP) is 0.850. The molecule has 3 rings (SSSR count). The van der Waals surface area contributed by atoms with Crippen molar-refractivity contribution in [1.29, 1.82) is 0 Å². The first-order chi connectivity index (χ1) is 8.09. The molecular weight excluding hydrogens is 212 g/mol. The van der Waals surface area contributed by atoms with E-state index in [-0.39, 0.29) is 0 Å². The smallest absolute Gasteiger partial charge is 0.0521 e. The molecule has 0 aromatic carbocycles. The van der Waals surface area contributed by atoms with Crippen LogP contribution in [0.25, 0.3) is 0 Å². The molecule has 2 saturated heterocycles. The van der Waals surface area contributed by atoms with Gasteiger partial charge in [0.1, 0.15) is 0 Å². The highest BCUT2D eigenvalue weighted by Crippen LogP contribution is 2.41. The zero-order valence-electron chi connectivity index (χ0n) is 11.0. The van der Waals surface area contributed by atoms with Crippen molar-refractivity contribution in [1.82, 2.24) is 20.0 Å². The first kappa shape index (κ1) is 11.2. The Hall–Kier alpha value is -0.870. The molecule has 0 radical (unpaired) electrons. The van der Waals surface area contributed by atoms with Gasteiger partial charge in [0.05, 0.1) is 5.69 Å². The van der Waals surface area contributed by atoms with Crippen LogP contribution in [0, 0.1) is 11.8 Å². The van der Waals surface area contributed by atoms with Crippen LogP contribution in [0.5, 0.6) is 0 Å². The van der Waals surface area contributed by atoms with Crippen molar-refractivity contribution in [3.8, 4) is 0 Å². The number of aromatic nitrogens is 2. The van der Waals surface area contributed by atoms with Gasteiger partial charge in [0, 0.05) is 38.4 Å². The number of rotatable bonds is 2. The van der Waals surface area contributed by atoms with Crippen LogP contribution in [0.1, 0.15) is 19.5 Å². The number of hydrogen-bond donors (Lipinski definition) is 1. The van der Waals surface area contributed by atoms with Crippen LogP contribution in [0.15, 0.2) is 12.3 Å². The molecule has 2 aliphatic heterocycles. The molecule has 0 saturated carbocycles. The fourth-order valence-corrected chi connectivity index (χ4v) is 3.52. The van der Waals surface area contributed by atoms with Gasteiger partial charge in [-0.25, -0.2) is 0 Å². The zero-order chi connectivity index (χ0) is 12.0. The molecule has 2 unspecified atom stereocenters. The maximum Gasteiger partial charge on any atom is 0.0521 e. The molecule has 0 amide bonds. The van der Waals surface area contributed by atoms with E-state index in [1.807, 2.05) is 17.9 Å². The Kier molecular flexibility index (Phi) is 2.52. The van der Waals surface area contributed by atoms with E-state index in [0.29, 0.717) is 5.54 Å². The second-order valence-corrected chi connectivity index (χ2v) is 6.01. The van der Waals surface area contributed by atoms with Crippen molar-refractivity contribution < 1.29 is 0 Å². The molecule has 0 aliphatic carbocycles. The number of hydrogen-bond acceptors (Lipinski definition) is 3. The summed E-state index contributed by atoms with van der Waals surface area (Å²) in [6.45, 7) is 9.39. The van der Waals surface area contributed by atoms with Gasteiger partial charge < -0.3 is 5.32 Å². The van der Waals surface area contributed by atoms with Gasteiger partial charge in [0.25, 0.3) is 0 Å². The average molecular weight is 234 g/mol. The quantitative estimate of drug-likeness (QED) is 0.823. The number of fused-ring (bicyclic) bond motifs is 1. The van der Waals surface area contributed by atoms with Crippen molar-refractivity contribution in [2.45, 2.75) is 25.9 Å². The Labute approximate surface area is 103 Å². The zero-order valence-corrected chi connectivity index (χ0v) is 11.0. The summed E-state index contributed by atoms with van der Waals surface area (Å²) in [5.74, 6) is 1.63. The van der Waals surface area contributed by atoms with E-state index in [1.165, 1.54) is 25.3 Å². The van der Waals surface area contributed by atoms with Crippen LogP contribution < -0.4 is 5.32 Å². The highest BCUT2D eigenvalue weighted by Gasteiger charge is 2.49. The topological polar surface area (TPSA) is 33.1 Å². The lowest BCUT2D eigenvalue weighted by molar-refractivity contribution is 0.129. The first-order valence-corrected chi connectivity index (χ1v) is 6.51. The summed E-state index contributed by atoms with van der Waals surface area (Å²) in [4.78, 5) is 2.63. The van der Waals surface area contributed by atoms with Gasteiger partial charge in [-0.15, -0.1) is 0 Å². The van der Waals surface area contributed by atoms with E-state index in [1.54, 1.807) is 0 Å². The highest BCUT2D eigenvalue weighted by molar-refractivity contribution is 5.08. The Balaban J connectivity index is 1.79. The Morgan fingerprint density at radius 1 is 1.47 bits per heavy atom. The maximum absolute atomic E-state index is 4.26. The van der Waals surface area contributed by atoms with Crippen molar-refractivity contribution in [2.75, 3.05) is 19.6 Å². The molecule has 3 heterocycles. The molecule has 0 spiro atoms. The summed E-state index contributed by atoms with van der Waals surface area (Å²) in [5.41, 5.74) is 1.62. The van der Waals surface area contributed by atoms with Crippen LogP contribution in [-0.4, -0.2) is 39.9 Å². The number of likely N-dealkylation sites (tertiary alicyclic amines) is 1. The molecule has 2 atom stereocenters. The highest BCUT2D eigenvalue weighted by atomic mass is 15.3. The number of aryl methyl sites for hydroxylation is 1. The molecule has 2 fully saturated rings. The van der Waals surface area contributed by atoms with Crippen molar-refractivity contribution >= 4 is 0 Å². The van der Waals surface area contributed by atoms with Gasteiger partial charge in [-0.1, -0.05) is 0 Å². The Morgan fingerprint density at radius 3 is 2.94 bits per heavy atom. The van der Waals surface area contributed by atoms with Crippen molar-refractivity contribution in [3.63, 3.8) is 0 Å². The first-order valence-electron chi connectivity index (χ1n) is 6.51. The summed E-state index contributed by atoms with van der Waals surface area (Å²) in [5, 5.41) is 7.78. The number of nitrogens with zero attached hydrogens (tertiary/aromatic N) is 3. The molecular formula is C13H22N4. The molecule has 1 N–H and O–H groups in total. The van der Waals surface area contributed by atoms with Crippen LogP contribution in [0.3, 0.4) is 0 Å². The summed E-state index contributed by atoms with van der Waals surface area (Å²) in [6, 6.07) is 2.13. The Bertz CT molecular complexity index is 409. The normalized spacial score (nSPS) is 31.9. The summed E-state index contributed by atoms with van der Waals surface area (Å²) in [6.07, 6.45) is 1.89. The minimum absolute atomic E-state index is 0.304. The lowest BCUT2D eigenvalue weighted by Crippen LogP contribution is -2.44. The third-order valence-electron chi connectivity index (χ3n) is 4.79. The fourth-order valence-electron chi connectivity index (χ4n) is 3.52. The third kappa shape index (κ3) is 1.70. The fraction of sp³-hybridized carbons (Fsp3) is 0.769. The Morgan fingerprint density at radius 2 is 2.29 bits per heavy atom. The minimum Gasteiger partial charge on any atom is -0.316 e. The van der Waals surface area contributed by atoms with Gasteiger partial charge >= 0.3 is 0 Å². The van der Waals surface area contributed by atoms with Crippen LogP contribution in [0.2, 0.25) is 0 Å². The minimum atomic E-state index is 0.304. The molecule has 1 aromatic heterocycles. The van der Waals surface area contributed by atoms with E-state index in [9.17, 15) is 0 Å². The largest absolute Gasteiger partial charge is 0.316 e. The monoisotopic (exact) mass is 234 g/mol. The number of nitrogens with one attached hydrogen (secondary N) is 1. The van der Waals surface area contributed by atoms with E-state index in [0.717, 1.165) is 18.4 Å². The third-order valence-corrected chi connectivity index (χ3v) is 4.79. The van der Waals surface area contributed by atoms with Gasteiger partial charge in [-0.3, -0.25) is 9.58 Å². The van der Waals surface area contributed by atoms with Crippen molar-refractivity contribution in [2.24, 2.45) is 18.9 Å². The summed E-state index contributed by atoms with van der Waals surface area (Å²) in [7, 11) is 2.03. The van der Waals surface area contributed by atoms with Crippen LogP contribution >= 0.6 is 0 Å². The molecule has 4 heteroatoms. The van der Waals surface area contributed by atoms with Crippen LogP contribution in [-0.2, 0) is 13.6 Å². The summed E-state index contributed by atoms with van der Waals surface area (Å²) < 4.78 is 1.99. The summed E-state index contributed by atoms with van der Waals surface area (Å²) >= 11 is 0. The van der Waals surface area contributed by atoms with E-state index < -0.39 is 0 Å². The van der Waals surface area contributed by atoms with Gasteiger partial charge in [-0.05, 0) is 38.3 Å². The molecule has 4 nitrogen and oxygen atoms in total.